The Labute approximate surface area is 77.9 Å². The highest BCUT2D eigenvalue weighted by Gasteiger charge is 2.08. The Kier molecular flexibility index (Phi) is 8.27. The minimum absolute atomic E-state index is 0.0556. The fraction of sp³-hybridized carbons (Fsp3) is 1.00. The second-order valence-corrected chi connectivity index (χ2v) is 2.63. The van der Waals surface area contributed by atoms with Crippen molar-refractivity contribution in [2.24, 2.45) is 0 Å². The van der Waals surface area contributed by atoms with Crippen LogP contribution in [-0.2, 0) is 9.47 Å². The maximum atomic E-state index is 8.90. The van der Waals surface area contributed by atoms with Crippen LogP contribution in [0.3, 0.4) is 0 Å². The summed E-state index contributed by atoms with van der Waals surface area (Å²) in [5.41, 5.74) is 0. The second kappa shape index (κ2) is 8.40. The molecule has 0 amide bonds. The summed E-state index contributed by atoms with van der Waals surface area (Å²) in [6, 6.07) is 0. The van der Waals surface area contributed by atoms with Crippen molar-refractivity contribution in [2.45, 2.75) is 19.1 Å². The van der Waals surface area contributed by atoms with Crippen LogP contribution < -0.4 is 0 Å². The molecule has 0 aliphatic heterocycles. The Morgan fingerprint density at radius 3 is 2.31 bits per heavy atom. The molecule has 13 heavy (non-hydrogen) atoms. The average Bonchev–Trinajstić information content (AvgIpc) is 2.16. The van der Waals surface area contributed by atoms with Crippen LogP contribution in [0.1, 0.15) is 6.92 Å². The third-order valence-corrected chi connectivity index (χ3v) is 1.43. The van der Waals surface area contributed by atoms with E-state index in [1.807, 2.05) is 6.92 Å². The number of ether oxygens (including phenoxy) is 2. The Morgan fingerprint density at radius 2 is 1.85 bits per heavy atom. The van der Waals surface area contributed by atoms with Gasteiger partial charge in [0.05, 0.1) is 26.4 Å². The predicted octanol–water partition coefficient (Wildman–Crippen LogP) is -1.25. The first-order valence-corrected chi connectivity index (χ1v) is 4.33. The molecule has 0 spiro atoms. The summed E-state index contributed by atoms with van der Waals surface area (Å²) in [5.74, 6) is 0. The minimum atomic E-state index is -0.860. The zero-order valence-electron chi connectivity index (χ0n) is 7.85. The van der Waals surface area contributed by atoms with Crippen molar-refractivity contribution in [3.05, 3.63) is 0 Å². The fourth-order valence-corrected chi connectivity index (χ4v) is 0.777. The van der Waals surface area contributed by atoms with Crippen molar-refractivity contribution in [2.75, 3.05) is 33.0 Å². The molecule has 0 heterocycles. The van der Waals surface area contributed by atoms with Crippen LogP contribution in [0, 0.1) is 0 Å². The molecule has 0 aromatic heterocycles. The SMILES string of the molecule is CCOC(CO)COCC(O)CO. The maximum absolute atomic E-state index is 8.90. The van der Waals surface area contributed by atoms with Gasteiger partial charge in [0.1, 0.15) is 12.2 Å². The molecule has 0 rings (SSSR count). The van der Waals surface area contributed by atoms with Crippen molar-refractivity contribution in [3.8, 4) is 0 Å². The molecule has 0 saturated carbocycles. The summed E-state index contributed by atoms with van der Waals surface area (Å²) in [5, 5.41) is 26.1. The van der Waals surface area contributed by atoms with E-state index in [2.05, 4.69) is 0 Å². The molecule has 0 radical (unpaired) electrons. The zero-order chi connectivity index (χ0) is 10.1. The van der Waals surface area contributed by atoms with Gasteiger partial charge in [-0.25, -0.2) is 0 Å². The summed E-state index contributed by atoms with van der Waals surface area (Å²) < 4.78 is 10.1. The topological polar surface area (TPSA) is 79.2 Å². The monoisotopic (exact) mass is 194 g/mol. The summed E-state index contributed by atoms with van der Waals surface area (Å²) in [7, 11) is 0. The van der Waals surface area contributed by atoms with E-state index in [0.717, 1.165) is 0 Å². The van der Waals surface area contributed by atoms with E-state index in [4.69, 9.17) is 24.8 Å². The number of hydrogen-bond donors (Lipinski definition) is 3. The van der Waals surface area contributed by atoms with E-state index in [-0.39, 0.29) is 32.5 Å². The van der Waals surface area contributed by atoms with Crippen LogP contribution in [0.2, 0.25) is 0 Å². The lowest BCUT2D eigenvalue weighted by molar-refractivity contribution is -0.0614. The highest BCUT2D eigenvalue weighted by molar-refractivity contribution is 4.55. The summed E-state index contributed by atoms with van der Waals surface area (Å²) in [6.45, 7) is 2.19. The van der Waals surface area contributed by atoms with Crippen molar-refractivity contribution >= 4 is 0 Å². The predicted molar refractivity (Wildman–Crippen MR) is 46.4 cm³/mol. The van der Waals surface area contributed by atoms with Gasteiger partial charge in [0, 0.05) is 6.61 Å². The van der Waals surface area contributed by atoms with Gasteiger partial charge >= 0.3 is 0 Å². The van der Waals surface area contributed by atoms with Crippen LogP contribution >= 0.6 is 0 Å². The first-order chi connectivity index (χ1) is 6.24. The van der Waals surface area contributed by atoms with Gasteiger partial charge in [-0.1, -0.05) is 0 Å². The van der Waals surface area contributed by atoms with E-state index in [1.54, 1.807) is 0 Å². The Morgan fingerprint density at radius 1 is 1.15 bits per heavy atom. The van der Waals surface area contributed by atoms with E-state index in [0.29, 0.717) is 6.61 Å². The molecule has 80 valence electrons. The number of rotatable bonds is 8. The van der Waals surface area contributed by atoms with E-state index < -0.39 is 6.10 Å². The highest BCUT2D eigenvalue weighted by atomic mass is 16.5. The molecule has 5 nitrogen and oxygen atoms in total. The lowest BCUT2D eigenvalue weighted by Crippen LogP contribution is -2.27. The molecule has 2 unspecified atom stereocenters. The standard InChI is InChI=1S/C8H18O5/c1-2-13-8(4-10)6-12-5-7(11)3-9/h7-11H,2-6H2,1H3. The number of hydrogen-bond acceptors (Lipinski definition) is 5. The Hall–Kier alpha value is -0.200. The minimum Gasteiger partial charge on any atom is -0.394 e. The van der Waals surface area contributed by atoms with Gasteiger partial charge in [-0.3, -0.25) is 0 Å². The molecular formula is C8H18O5. The van der Waals surface area contributed by atoms with Crippen LogP contribution in [0.25, 0.3) is 0 Å². The Bertz CT molecular complexity index is 109. The molecule has 0 saturated heterocycles. The van der Waals surface area contributed by atoms with Crippen molar-refractivity contribution in [3.63, 3.8) is 0 Å². The third kappa shape index (κ3) is 6.92. The molecule has 0 aliphatic rings. The molecular weight excluding hydrogens is 176 g/mol. The molecule has 3 N–H and O–H groups in total. The van der Waals surface area contributed by atoms with E-state index in [9.17, 15) is 0 Å². The second-order valence-electron chi connectivity index (χ2n) is 2.63. The van der Waals surface area contributed by atoms with E-state index >= 15 is 0 Å². The van der Waals surface area contributed by atoms with E-state index in [1.165, 1.54) is 0 Å². The number of aliphatic hydroxyl groups is 3. The first kappa shape index (κ1) is 12.8. The van der Waals surface area contributed by atoms with Gasteiger partial charge in [-0.05, 0) is 6.92 Å². The van der Waals surface area contributed by atoms with Crippen LogP contribution in [-0.4, -0.2) is 60.6 Å². The van der Waals surface area contributed by atoms with Gasteiger partial charge in [-0.15, -0.1) is 0 Å². The number of aliphatic hydroxyl groups excluding tert-OH is 3. The molecule has 2 atom stereocenters. The molecule has 0 aromatic carbocycles. The van der Waals surface area contributed by atoms with Crippen molar-refractivity contribution < 1.29 is 24.8 Å². The smallest absolute Gasteiger partial charge is 0.104 e. The summed E-state index contributed by atoms with van der Waals surface area (Å²) in [4.78, 5) is 0. The van der Waals surface area contributed by atoms with Crippen LogP contribution in [0.4, 0.5) is 0 Å². The quantitative estimate of drug-likeness (QED) is 0.450. The lowest BCUT2D eigenvalue weighted by atomic mass is 10.4. The molecule has 0 fully saturated rings. The van der Waals surface area contributed by atoms with Gasteiger partial charge in [-0.2, -0.15) is 0 Å². The third-order valence-electron chi connectivity index (χ3n) is 1.43. The van der Waals surface area contributed by atoms with Crippen molar-refractivity contribution in [1.82, 2.24) is 0 Å². The van der Waals surface area contributed by atoms with Gasteiger partial charge in [0.2, 0.25) is 0 Å². The van der Waals surface area contributed by atoms with Gasteiger partial charge in [0.25, 0.3) is 0 Å². The molecule has 0 bridgehead atoms. The average molecular weight is 194 g/mol. The van der Waals surface area contributed by atoms with Crippen molar-refractivity contribution in [1.29, 1.82) is 0 Å². The fourth-order valence-electron chi connectivity index (χ4n) is 0.777. The maximum Gasteiger partial charge on any atom is 0.104 e. The van der Waals surface area contributed by atoms with Crippen LogP contribution in [0.5, 0.6) is 0 Å². The normalized spacial score (nSPS) is 15.7. The Balaban J connectivity index is 3.37. The molecule has 5 heteroatoms. The van der Waals surface area contributed by atoms with Gasteiger partial charge < -0.3 is 24.8 Å². The summed E-state index contributed by atoms with van der Waals surface area (Å²) >= 11 is 0. The highest BCUT2D eigenvalue weighted by Crippen LogP contribution is 1.93. The molecule has 0 aliphatic carbocycles. The summed E-state index contributed by atoms with van der Waals surface area (Å²) in [6.07, 6.45) is -1.21. The first-order valence-electron chi connectivity index (χ1n) is 4.33. The lowest BCUT2D eigenvalue weighted by Gasteiger charge is -2.15. The van der Waals surface area contributed by atoms with Gasteiger partial charge in [0.15, 0.2) is 0 Å². The molecule has 0 aromatic rings. The zero-order valence-corrected chi connectivity index (χ0v) is 7.85. The largest absolute Gasteiger partial charge is 0.394 e. The van der Waals surface area contributed by atoms with Crippen LogP contribution in [0.15, 0.2) is 0 Å².